The summed E-state index contributed by atoms with van der Waals surface area (Å²) in [5, 5.41) is 13.3. The van der Waals surface area contributed by atoms with Crippen molar-refractivity contribution < 1.29 is 9.53 Å². The van der Waals surface area contributed by atoms with E-state index in [4.69, 9.17) is 4.74 Å². The second-order valence-electron chi connectivity index (χ2n) is 6.91. The number of nitrogens with zero attached hydrogens (tertiary/aromatic N) is 5. The van der Waals surface area contributed by atoms with E-state index in [1.807, 2.05) is 72.2 Å². The maximum absolute atomic E-state index is 12.4. The molecule has 4 rings (SSSR count). The standard InChI is InChI=1S/C24H21BrN6O2S/c1-2-33-20-11-9-19(10-12-20)31-23(18-7-5-13-26-14-18)29-30-24(31)34-16-22(32)28-27-15-17-6-3-4-8-21(17)25/h3-15H,2,16H2,1H3,(H,28,32)/b27-15-. The van der Waals surface area contributed by atoms with Crippen LogP contribution < -0.4 is 10.2 Å². The van der Waals surface area contributed by atoms with E-state index >= 15 is 0 Å². The van der Waals surface area contributed by atoms with Gasteiger partial charge in [0.2, 0.25) is 0 Å². The molecule has 4 aromatic rings. The lowest BCUT2D eigenvalue weighted by molar-refractivity contribution is -0.118. The molecule has 1 amide bonds. The van der Waals surface area contributed by atoms with Gasteiger partial charge >= 0.3 is 0 Å². The van der Waals surface area contributed by atoms with E-state index < -0.39 is 0 Å². The summed E-state index contributed by atoms with van der Waals surface area (Å²) in [5.41, 5.74) is 5.09. The van der Waals surface area contributed by atoms with Crippen molar-refractivity contribution >= 4 is 39.8 Å². The van der Waals surface area contributed by atoms with Crippen LogP contribution in [0.4, 0.5) is 0 Å². The van der Waals surface area contributed by atoms with E-state index in [0.717, 1.165) is 27.0 Å². The monoisotopic (exact) mass is 536 g/mol. The van der Waals surface area contributed by atoms with Gasteiger partial charge in [0.05, 0.1) is 18.6 Å². The molecule has 0 aliphatic rings. The predicted octanol–water partition coefficient (Wildman–Crippen LogP) is 4.73. The smallest absolute Gasteiger partial charge is 0.250 e. The maximum Gasteiger partial charge on any atom is 0.250 e. The summed E-state index contributed by atoms with van der Waals surface area (Å²) in [6, 6.07) is 19.0. The Morgan fingerprint density at radius 1 is 1.15 bits per heavy atom. The van der Waals surface area contributed by atoms with Gasteiger partial charge in [-0.1, -0.05) is 45.9 Å². The Labute approximate surface area is 209 Å². The van der Waals surface area contributed by atoms with Crippen molar-refractivity contribution in [2.24, 2.45) is 5.10 Å². The van der Waals surface area contributed by atoms with Crippen LogP contribution in [0.3, 0.4) is 0 Å². The lowest BCUT2D eigenvalue weighted by Crippen LogP contribution is -2.20. The number of thioether (sulfide) groups is 1. The van der Waals surface area contributed by atoms with E-state index in [2.05, 4.69) is 41.6 Å². The van der Waals surface area contributed by atoms with Gasteiger partial charge in [-0.3, -0.25) is 14.3 Å². The Balaban J connectivity index is 1.51. The van der Waals surface area contributed by atoms with E-state index in [-0.39, 0.29) is 11.7 Å². The van der Waals surface area contributed by atoms with E-state index in [1.165, 1.54) is 11.8 Å². The molecular formula is C24H21BrN6O2S. The summed E-state index contributed by atoms with van der Waals surface area (Å²) in [7, 11) is 0. The lowest BCUT2D eigenvalue weighted by Gasteiger charge is -2.11. The molecule has 2 aromatic carbocycles. The zero-order chi connectivity index (χ0) is 23.8. The SMILES string of the molecule is CCOc1ccc(-n2c(SCC(=O)N/N=C\c3ccccc3Br)nnc2-c2cccnc2)cc1. The zero-order valence-corrected chi connectivity index (χ0v) is 20.7. The van der Waals surface area contributed by atoms with Crippen molar-refractivity contribution in [1.29, 1.82) is 0 Å². The largest absolute Gasteiger partial charge is 0.494 e. The summed E-state index contributed by atoms with van der Waals surface area (Å²) in [6.07, 6.45) is 5.03. The van der Waals surface area contributed by atoms with Crippen LogP contribution >= 0.6 is 27.7 Å². The molecule has 0 atom stereocenters. The quantitative estimate of drug-likeness (QED) is 0.189. The fraction of sp³-hybridized carbons (Fsp3) is 0.125. The number of hydrogen-bond donors (Lipinski definition) is 1. The molecule has 34 heavy (non-hydrogen) atoms. The summed E-state index contributed by atoms with van der Waals surface area (Å²) >= 11 is 4.72. The fourth-order valence-corrected chi connectivity index (χ4v) is 4.18. The van der Waals surface area contributed by atoms with Crippen LogP contribution in [0.1, 0.15) is 12.5 Å². The molecule has 0 unspecified atom stereocenters. The van der Waals surface area contributed by atoms with Crippen LogP contribution in [0.5, 0.6) is 5.75 Å². The van der Waals surface area contributed by atoms with Crippen LogP contribution in [-0.2, 0) is 4.79 Å². The number of halogens is 1. The summed E-state index contributed by atoms with van der Waals surface area (Å²) < 4.78 is 8.35. The van der Waals surface area contributed by atoms with Crippen LogP contribution in [0.2, 0.25) is 0 Å². The summed E-state index contributed by atoms with van der Waals surface area (Å²) in [5.74, 6) is 1.28. The number of carbonyl (C=O) groups excluding carboxylic acids is 1. The average Bonchev–Trinajstić information content (AvgIpc) is 3.29. The van der Waals surface area contributed by atoms with Crippen molar-refractivity contribution in [2.75, 3.05) is 12.4 Å². The van der Waals surface area contributed by atoms with Gasteiger partial charge < -0.3 is 4.74 Å². The van der Waals surface area contributed by atoms with E-state index in [9.17, 15) is 4.79 Å². The molecule has 8 nitrogen and oxygen atoms in total. The van der Waals surface area contributed by atoms with Crippen LogP contribution in [0, 0.1) is 0 Å². The molecule has 0 spiro atoms. The molecule has 0 radical (unpaired) electrons. The normalized spacial score (nSPS) is 11.0. The van der Waals surface area contributed by atoms with Gasteiger partial charge in [0, 0.05) is 33.7 Å². The highest BCUT2D eigenvalue weighted by molar-refractivity contribution is 9.10. The third kappa shape index (κ3) is 5.89. The topological polar surface area (TPSA) is 94.3 Å². The van der Waals surface area contributed by atoms with E-state index in [0.29, 0.717) is 17.6 Å². The molecule has 0 saturated carbocycles. The lowest BCUT2D eigenvalue weighted by atomic mass is 10.2. The first kappa shape index (κ1) is 23.7. The highest BCUT2D eigenvalue weighted by Crippen LogP contribution is 2.28. The van der Waals surface area contributed by atoms with Crippen molar-refractivity contribution in [3.63, 3.8) is 0 Å². The van der Waals surface area contributed by atoms with Crippen molar-refractivity contribution in [3.8, 4) is 22.8 Å². The third-order valence-electron chi connectivity index (χ3n) is 4.59. The molecule has 0 saturated heterocycles. The Hall–Kier alpha value is -3.50. The highest BCUT2D eigenvalue weighted by atomic mass is 79.9. The molecule has 0 aliphatic carbocycles. The van der Waals surface area contributed by atoms with Crippen molar-refractivity contribution in [2.45, 2.75) is 12.1 Å². The molecule has 10 heteroatoms. The molecule has 2 heterocycles. The first-order chi connectivity index (χ1) is 16.7. The van der Waals surface area contributed by atoms with Crippen molar-refractivity contribution in [1.82, 2.24) is 25.2 Å². The molecule has 0 fully saturated rings. The van der Waals surface area contributed by atoms with Gasteiger partial charge in [-0.2, -0.15) is 5.10 Å². The number of hydrogen-bond acceptors (Lipinski definition) is 7. The average molecular weight is 537 g/mol. The van der Waals surface area contributed by atoms with Gasteiger partial charge in [0.25, 0.3) is 5.91 Å². The van der Waals surface area contributed by atoms with Gasteiger partial charge in [0.1, 0.15) is 5.75 Å². The fourth-order valence-electron chi connectivity index (χ4n) is 3.05. The molecular weight excluding hydrogens is 516 g/mol. The second-order valence-corrected chi connectivity index (χ2v) is 8.71. The number of rotatable bonds is 9. The number of aromatic nitrogens is 4. The number of nitrogens with one attached hydrogen (secondary N) is 1. The molecule has 1 N–H and O–H groups in total. The first-order valence-electron chi connectivity index (χ1n) is 10.4. The van der Waals surface area contributed by atoms with Gasteiger partial charge in [-0.05, 0) is 49.4 Å². The molecule has 2 aromatic heterocycles. The molecule has 0 bridgehead atoms. The number of hydrazone groups is 1. The van der Waals surface area contributed by atoms with Gasteiger partial charge in [0.15, 0.2) is 11.0 Å². The zero-order valence-electron chi connectivity index (χ0n) is 18.3. The van der Waals surface area contributed by atoms with Crippen molar-refractivity contribution in [3.05, 3.63) is 83.1 Å². The Kier molecular flexibility index (Phi) is 8.05. The second kappa shape index (κ2) is 11.6. The number of ether oxygens (including phenoxy) is 1. The highest BCUT2D eigenvalue weighted by Gasteiger charge is 2.17. The Morgan fingerprint density at radius 3 is 2.71 bits per heavy atom. The minimum atomic E-state index is -0.252. The number of amides is 1. The van der Waals surface area contributed by atoms with Gasteiger partial charge in [-0.25, -0.2) is 5.43 Å². The first-order valence-corrected chi connectivity index (χ1v) is 12.2. The van der Waals surface area contributed by atoms with Crippen LogP contribution in [-0.4, -0.2) is 44.2 Å². The summed E-state index contributed by atoms with van der Waals surface area (Å²) in [6.45, 7) is 2.53. The van der Waals surface area contributed by atoms with Crippen LogP contribution in [0.15, 0.2) is 87.8 Å². The maximum atomic E-state index is 12.4. The Morgan fingerprint density at radius 2 is 1.97 bits per heavy atom. The summed E-state index contributed by atoms with van der Waals surface area (Å²) in [4.78, 5) is 16.6. The van der Waals surface area contributed by atoms with Gasteiger partial charge in [-0.15, -0.1) is 10.2 Å². The third-order valence-corrected chi connectivity index (χ3v) is 6.24. The molecule has 0 aliphatic heterocycles. The minimum Gasteiger partial charge on any atom is -0.494 e. The number of carbonyl (C=O) groups is 1. The molecule has 172 valence electrons. The predicted molar refractivity (Wildman–Crippen MR) is 136 cm³/mol. The number of pyridine rings is 1. The van der Waals surface area contributed by atoms with E-state index in [1.54, 1.807) is 18.6 Å². The Bertz CT molecular complexity index is 1280. The van der Waals surface area contributed by atoms with Crippen LogP contribution in [0.25, 0.3) is 17.1 Å². The minimum absolute atomic E-state index is 0.121. The number of benzene rings is 2.